The van der Waals surface area contributed by atoms with E-state index in [9.17, 15) is 0 Å². The molecule has 3 nitrogen and oxygen atoms in total. The zero-order valence-corrected chi connectivity index (χ0v) is 15.2. The number of rotatable bonds is 3. The highest BCUT2D eigenvalue weighted by atomic mass is 14.7. The summed E-state index contributed by atoms with van der Waals surface area (Å²) < 4.78 is 0. The minimum Gasteiger partial charge on any atom is -0.397 e. The predicted molar refractivity (Wildman–Crippen MR) is 118 cm³/mol. The number of fused-ring (bicyclic) bond motifs is 1. The first-order valence-corrected chi connectivity index (χ1v) is 8.82. The maximum Gasteiger partial charge on any atom is 0.0622 e. The minimum atomic E-state index is 0.606. The molecule has 132 valence electrons. The van der Waals surface area contributed by atoms with E-state index in [4.69, 9.17) is 11.5 Å². The summed E-state index contributed by atoms with van der Waals surface area (Å²) in [6, 6.07) is 24.9. The second kappa shape index (κ2) is 6.61. The Morgan fingerprint density at radius 1 is 0.667 bits per heavy atom. The average Bonchev–Trinajstić information content (AvgIpc) is 2.69. The summed E-state index contributed by atoms with van der Waals surface area (Å²) in [6.07, 6.45) is 0. The Hall–Kier alpha value is -3.59. The highest BCUT2D eigenvalue weighted by Gasteiger charge is 2.07. The van der Waals surface area contributed by atoms with Crippen molar-refractivity contribution in [3.05, 3.63) is 78.4 Å². The van der Waals surface area contributed by atoms with Gasteiger partial charge in [0.15, 0.2) is 0 Å². The smallest absolute Gasteiger partial charge is 0.0622 e. The summed E-state index contributed by atoms with van der Waals surface area (Å²) in [7, 11) is 0. The molecule has 0 saturated heterocycles. The first kappa shape index (κ1) is 16.9. The third-order valence-corrected chi connectivity index (χ3v) is 4.96. The lowest BCUT2D eigenvalue weighted by molar-refractivity contribution is 1.51. The van der Waals surface area contributed by atoms with Gasteiger partial charge in [0.1, 0.15) is 0 Å². The van der Waals surface area contributed by atoms with Crippen molar-refractivity contribution in [2.24, 2.45) is 4.99 Å². The van der Waals surface area contributed by atoms with Crippen LogP contribution in [0.1, 0.15) is 5.56 Å². The molecule has 0 heterocycles. The number of hydrogen-bond donors (Lipinski definition) is 2. The first-order chi connectivity index (χ1) is 13.0. The van der Waals surface area contributed by atoms with Crippen LogP contribution in [0.5, 0.6) is 0 Å². The number of benzene rings is 4. The largest absolute Gasteiger partial charge is 0.397 e. The SMILES string of the molecule is C=Nc1ccc(-c2ccc3c(C)cc(-c4ccc(N)c(N)c4)cc3c2)cc1. The van der Waals surface area contributed by atoms with E-state index >= 15 is 0 Å². The van der Waals surface area contributed by atoms with Gasteiger partial charge in [0, 0.05) is 0 Å². The third kappa shape index (κ3) is 3.15. The molecule has 3 heteroatoms. The average molecular weight is 351 g/mol. The van der Waals surface area contributed by atoms with E-state index in [-0.39, 0.29) is 0 Å². The quantitative estimate of drug-likeness (QED) is 0.352. The Labute approximate surface area is 159 Å². The second-order valence-electron chi connectivity index (χ2n) is 6.78. The molecule has 4 rings (SSSR count). The molecule has 0 saturated carbocycles. The minimum absolute atomic E-state index is 0.606. The molecule has 27 heavy (non-hydrogen) atoms. The number of nitrogen functional groups attached to an aromatic ring is 2. The van der Waals surface area contributed by atoms with Gasteiger partial charge in [-0.3, -0.25) is 4.99 Å². The molecule has 0 atom stereocenters. The van der Waals surface area contributed by atoms with Gasteiger partial charge in [-0.1, -0.05) is 36.4 Å². The molecule has 4 N–H and O–H groups in total. The first-order valence-electron chi connectivity index (χ1n) is 8.82. The Bertz CT molecular complexity index is 1160. The van der Waals surface area contributed by atoms with Crippen LogP contribution < -0.4 is 11.5 Å². The Balaban J connectivity index is 1.84. The van der Waals surface area contributed by atoms with Crippen LogP contribution in [-0.4, -0.2) is 6.72 Å². The fraction of sp³-hybridized carbons (Fsp3) is 0.0417. The van der Waals surface area contributed by atoms with Gasteiger partial charge < -0.3 is 11.5 Å². The van der Waals surface area contributed by atoms with E-state index in [1.54, 1.807) is 0 Å². The molecule has 0 bridgehead atoms. The van der Waals surface area contributed by atoms with E-state index in [1.807, 2.05) is 30.3 Å². The molecule has 0 aliphatic heterocycles. The molecule has 0 fully saturated rings. The third-order valence-electron chi connectivity index (χ3n) is 4.96. The molecule has 0 aromatic heterocycles. The van der Waals surface area contributed by atoms with Crippen LogP contribution in [0.15, 0.2) is 77.8 Å². The second-order valence-corrected chi connectivity index (χ2v) is 6.78. The summed E-state index contributed by atoms with van der Waals surface area (Å²) in [5.41, 5.74) is 19.7. The Morgan fingerprint density at radius 2 is 1.30 bits per heavy atom. The fourth-order valence-corrected chi connectivity index (χ4v) is 3.42. The van der Waals surface area contributed by atoms with Crippen LogP contribution in [0.3, 0.4) is 0 Å². The van der Waals surface area contributed by atoms with E-state index in [0.29, 0.717) is 11.4 Å². The number of anilines is 2. The van der Waals surface area contributed by atoms with Gasteiger partial charge in [-0.2, -0.15) is 0 Å². The topological polar surface area (TPSA) is 64.4 Å². The molecule has 0 radical (unpaired) electrons. The number of nitrogens with zero attached hydrogens (tertiary/aromatic N) is 1. The normalized spacial score (nSPS) is 10.9. The van der Waals surface area contributed by atoms with Gasteiger partial charge >= 0.3 is 0 Å². The van der Waals surface area contributed by atoms with E-state index in [1.165, 1.54) is 21.9 Å². The van der Waals surface area contributed by atoms with Crippen molar-refractivity contribution in [3.8, 4) is 22.3 Å². The maximum absolute atomic E-state index is 6.00. The van der Waals surface area contributed by atoms with Crippen molar-refractivity contribution in [1.82, 2.24) is 0 Å². The van der Waals surface area contributed by atoms with Crippen LogP contribution in [-0.2, 0) is 0 Å². The number of hydrogen-bond acceptors (Lipinski definition) is 3. The molecule has 0 spiro atoms. The van der Waals surface area contributed by atoms with Gasteiger partial charge in [0.25, 0.3) is 0 Å². The molecule has 0 unspecified atom stereocenters. The van der Waals surface area contributed by atoms with Crippen molar-refractivity contribution >= 4 is 34.6 Å². The summed E-state index contributed by atoms with van der Waals surface area (Å²) in [5.74, 6) is 0. The van der Waals surface area contributed by atoms with E-state index in [0.717, 1.165) is 22.4 Å². The predicted octanol–water partition coefficient (Wildman–Crippen LogP) is 5.98. The van der Waals surface area contributed by atoms with E-state index in [2.05, 4.69) is 61.1 Å². The van der Waals surface area contributed by atoms with Crippen molar-refractivity contribution in [1.29, 1.82) is 0 Å². The summed E-state index contributed by atoms with van der Waals surface area (Å²) in [5, 5.41) is 2.44. The zero-order valence-electron chi connectivity index (χ0n) is 15.2. The maximum atomic E-state index is 6.00. The summed E-state index contributed by atoms with van der Waals surface area (Å²) in [6.45, 7) is 5.70. The van der Waals surface area contributed by atoms with Gasteiger partial charge in [-0.25, -0.2) is 0 Å². The molecule has 0 aliphatic carbocycles. The monoisotopic (exact) mass is 351 g/mol. The summed E-state index contributed by atoms with van der Waals surface area (Å²) in [4.78, 5) is 3.96. The van der Waals surface area contributed by atoms with Gasteiger partial charge in [0.2, 0.25) is 0 Å². The van der Waals surface area contributed by atoms with Crippen molar-refractivity contribution in [2.75, 3.05) is 11.5 Å². The molecule has 4 aromatic rings. The van der Waals surface area contributed by atoms with Crippen molar-refractivity contribution in [3.63, 3.8) is 0 Å². The van der Waals surface area contributed by atoms with Crippen molar-refractivity contribution in [2.45, 2.75) is 6.92 Å². The van der Waals surface area contributed by atoms with Crippen LogP contribution in [0.4, 0.5) is 17.1 Å². The highest BCUT2D eigenvalue weighted by molar-refractivity contribution is 5.93. The van der Waals surface area contributed by atoms with Crippen LogP contribution >= 0.6 is 0 Å². The van der Waals surface area contributed by atoms with Crippen LogP contribution in [0, 0.1) is 6.92 Å². The molecule has 0 amide bonds. The lowest BCUT2D eigenvalue weighted by atomic mass is 9.94. The standard InChI is InChI=1S/C24H21N3/c1-15-11-19(18-6-10-23(25)24(26)14-18)13-20-12-17(5-9-22(15)20)16-3-7-21(27-2)8-4-16/h3-14H,2,25-26H2,1H3. The molecule has 0 aliphatic rings. The number of aryl methyl sites for hydroxylation is 1. The summed E-state index contributed by atoms with van der Waals surface area (Å²) >= 11 is 0. The number of aliphatic imine (C=N–C) groups is 1. The van der Waals surface area contributed by atoms with Gasteiger partial charge in [-0.15, -0.1) is 0 Å². The Kier molecular flexibility index (Phi) is 4.13. The van der Waals surface area contributed by atoms with E-state index < -0.39 is 0 Å². The van der Waals surface area contributed by atoms with Crippen LogP contribution in [0.25, 0.3) is 33.0 Å². The highest BCUT2D eigenvalue weighted by Crippen LogP contribution is 2.33. The van der Waals surface area contributed by atoms with Crippen molar-refractivity contribution < 1.29 is 0 Å². The Morgan fingerprint density at radius 3 is 2.00 bits per heavy atom. The molecule has 4 aromatic carbocycles. The zero-order chi connectivity index (χ0) is 19.0. The lowest BCUT2D eigenvalue weighted by Crippen LogP contribution is -1.94. The van der Waals surface area contributed by atoms with Crippen LogP contribution in [0.2, 0.25) is 0 Å². The fourth-order valence-electron chi connectivity index (χ4n) is 3.42. The van der Waals surface area contributed by atoms with Gasteiger partial charge in [0.05, 0.1) is 17.1 Å². The van der Waals surface area contributed by atoms with Gasteiger partial charge in [-0.05, 0) is 88.6 Å². The molecular weight excluding hydrogens is 330 g/mol. The lowest BCUT2D eigenvalue weighted by Gasteiger charge is -2.11. The number of nitrogens with two attached hydrogens (primary N) is 2. The molecular formula is C24H21N3.